The third kappa shape index (κ3) is 3.05. The summed E-state index contributed by atoms with van der Waals surface area (Å²) in [6, 6.07) is 11.4. The van der Waals surface area contributed by atoms with Gasteiger partial charge in [0.15, 0.2) is 0 Å². The van der Waals surface area contributed by atoms with Crippen molar-refractivity contribution < 1.29 is 4.39 Å². The molecule has 0 aliphatic carbocycles. The first-order valence-electron chi connectivity index (χ1n) is 5.80. The molecule has 2 aromatic rings. The highest BCUT2D eigenvalue weighted by atomic mass is 32.2. The molecule has 0 atom stereocenters. The van der Waals surface area contributed by atoms with E-state index in [1.165, 1.54) is 22.1 Å². The van der Waals surface area contributed by atoms with Gasteiger partial charge in [-0.15, -0.1) is 11.8 Å². The highest BCUT2D eigenvalue weighted by molar-refractivity contribution is 7.98. The maximum atomic E-state index is 13.3. The molecule has 0 spiro atoms. The average molecular weight is 261 g/mol. The first kappa shape index (κ1) is 13.0. The van der Waals surface area contributed by atoms with E-state index >= 15 is 0 Å². The molecule has 94 valence electrons. The molecule has 0 unspecified atom stereocenters. The lowest BCUT2D eigenvalue weighted by Crippen LogP contribution is -1.91. The van der Waals surface area contributed by atoms with E-state index in [-0.39, 0.29) is 11.5 Å². The summed E-state index contributed by atoms with van der Waals surface area (Å²) in [5.74, 6) is 0.410. The van der Waals surface area contributed by atoms with Crippen molar-refractivity contribution in [2.45, 2.75) is 24.5 Å². The first-order chi connectivity index (χ1) is 8.56. The van der Waals surface area contributed by atoms with E-state index in [0.29, 0.717) is 0 Å². The molecule has 2 rings (SSSR count). The zero-order chi connectivity index (χ0) is 13.1. The highest BCUT2D eigenvalue weighted by Gasteiger charge is 2.02. The summed E-state index contributed by atoms with van der Waals surface area (Å²) in [6.45, 7) is 4.20. The average Bonchev–Trinajstić information content (AvgIpc) is 2.35. The molecule has 0 radical (unpaired) electrons. The summed E-state index contributed by atoms with van der Waals surface area (Å²) in [6.07, 6.45) is 0. The maximum absolute atomic E-state index is 13.3. The van der Waals surface area contributed by atoms with Crippen LogP contribution in [0.3, 0.4) is 0 Å². The van der Waals surface area contributed by atoms with Crippen molar-refractivity contribution in [1.82, 2.24) is 0 Å². The Labute approximate surface area is 111 Å². The Hall–Kier alpha value is -1.48. The van der Waals surface area contributed by atoms with Crippen LogP contribution in [0.15, 0.2) is 41.3 Å². The monoisotopic (exact) mass is 261 g/mol. The first-order valence-corrected chi connectivity index (χ1v) is 6.79. The summed E-state index contributed by atoms with van der Waals surface area (Å²) in [7, 11) is 0. The molecule has 0 fully saturated rings. The Morgan fingerprint density at radius 1 is 1.06 bits per heavy atom. The van der Waals surface area contributed by atoms with E-state index in [1.54, 1.807) is 17.8 Å². The maximum Gasteiger partial charge on any atom is 0.146 e. The molecular formula is C15H16FNS. The fraction of sp³-hybridized carbons (Fsp3) is 0.200. The Morgan fingerprint density at radius 3 is 2.50 bits per heavy atom. The standard InChI is InChI=1S/C15H16FNS/c1-10-3-5-13(7-11(10)2)18-9-12-4-6-15(17)14(16)8-12/h3-8H,9,17H2,1-2H3. The number of aryl methyl sites for hydroxylation is 2. The number of nitrogens with two attached hydrogens (primary N) is 1. The molecule has 2 aromatic carbocycles. The molecule has 3 heteroatoms. The smallest absolute Gasteiger partial charge is 0.146 e. The van der Waals surface area contributed by atoms with Crippen LogP contribution in [0.1, 0.15) is 16.7 Å². The van der Waals surface area contributed by atoms with Crippen LogP contribution in [0.5, 0.6) is 0 Å². The fourth-order valence-electron chi connectivity index (χ4n) is 1.63. The number of nitrogen functional groups attached to an aromatic ring is 1. The van der Waals surface area contributed by atoms with Crippen molar-refractivity contribution in [2.24, 2.45) is 0 Å². The number of halogens is 1. The number of rotatable bonds is 3. The Kier molecular flexibility index (Phi) is 3.92. The van der Waals surface area contributed by atoms with Gasteiger partial charge in [-0.25, -0.2) is 4.39 Å². The van der Waals surface area contributed by atoms with Gasteiger partial charge in [-0.2, -0.15) is 0 Å². The van der Waals surface area contributed by atoms with Crippen molar-refractivity contribution in [3.8, 4) is 0 Å². The van der Waals surface area contributed by atoms with Gasteiger partial charge >= 0.3 is 0 Å². The highest BCUT2D eigenvalue weighted by Crippen LogP contribution is 2.25. The zero-order valence-corrected chi connectivity index (χ0v) is 11.4. The summed E-state index contributed by atoms with van der Waals surface area (Å²) in [5, 5.41) is 0. The van der Waals surface area contributed by atoms with Crippen LogP contribution in [0.4, 0.5) is 10.1 Å². The normalized spacial score (nSPS) is 10.6. The van der Waals surface area contributed by atoms with Crippen molar-refractivity contribution >= 4 is 17.4 Å². The van der Waals surface area contributed by atoms with Crippen molar-refractivity contribution in [3.05, 3.63) is 58.9 Å². The van der Waals surface area contributed by atoms with Gasteiger partial charge < -0.3 is 5.73 Å². The van der Waals surface area contributed by atoms with Crippen LogP contribution in [0.25, 0.3) is 0 Å². The summed E-state index contributed by atoms with van der Waals surface area (Å²) in [5.41, 5.74) is 9.17. The quantitative estimate of drug-likeness (QED) is 0.658. The largest absolute Gasteiger partial charge is 0.396 e. The topological polar surface area (TPSA) is 26.0 Å². The van der Waals surface area contributed by atoms with E-state index in [1.807, 2.05) is 6.07 Å². The Morgan fingerprint density at radius 2 is 1.83 bits per heavy atom. The number of anilines is 1. The molecule has 2 N–H and O–H groups in total. The Bertz CT molecular complexity index is 515. The molecule has 1 nitrogen and oxygen atoms in total. The van der Waals surface area contributed by atoms with Crippen LogP contribution >= 0.6 is 11.8 Å². The van der Waals surface area contributed by atoms with E-state index in [4.69, 9.17) is 5.73 Å². The lowest BCUT2D eigenvalue weighted by Gasteiger charge is -2.06. The van der Waals surface area contributed by atoms with Crippen LogP contribution < -0.4 is 5.73 Å². The van der Waals surface area contributed by atoms with E-state index < -0.39 is 0 Å². The second-order valence-electron chi connectivity index (χ2n) is 4.39. The molecular weight excluding hydrogens is 245 g/mol. The molecule has 0 bridgehead atoms. The van der Waals surface area contributed by atoms with Crippen molar-refractivity contribution in [2.75, 3.05) is 5.73 Å². The lowest BCUT2D eigenvalue weighted by molar-refractivity contribution is 0.631. The van der Waals surface area contributed by atoms with Gasteiger partial charge in [-0.05, 0) is 54.8 Å². The van der Waals surface area contributed by atoms with Crippen LogP contribution in [0.2, 0.25) is 0 Å². The molecule has 0 saturated heterocycles. The van der Waals surface area contributed by atoms with Gasteiger partial charge in [-0.1, -0.05) is 12.1 Å². The Balaban J connectivity index is 2.06. The molecule has 0 saturated carbocycles. The fourth-order valence-corrected chi connectivity index (χ4v) is 2.57. The van der Waals surface area contributed by atoms with Gasteiger partial charge in [-0.3, -0.25) is 0 Å². The molecule has 0 aliphatic heterocycles. The van der Waals surface area contributed by atoms with E-state index in [9.17, 15) is 4.39 Å². The third-order valence-corrected chi connectivity index (χ3v) is 4.01. The number of thioether (sulfide) groups is 1. The zero-order valence-electron chi connectivity index (χ0n) is 10.5. The third-order valence-electron chi connectivity index (χ3n) is 2.95. The molecule has 0 heterocycles. The second-order valence-corrected chi connectivity index (χ2v) is 5.44. The van der Waals surface area contributed by atoms with Gasteiger partial charge in [0, 0.05) is 10.6 Å². The van der Waals surface area contributed by atoms with Gasteiger partial charge in [0.25, 0.3) is 0 Å². The number of hydrogen-bond acceptors (Lipinski definition) is 2. The minimum atomic E-state index is -0.340. The SMILES string of the molecule is Cc1ccc(SCc2ccc(N)c(F)c2)cc1C. The van der Waals surface area contributed by atoms with Crippen molar-refractivity contribution in [1.29, 1.82) is 0 Å². The minimum Gasteiger partial charge on any atom is -0.396 e. The van der Waals surface area contributed by atoms with E-state index in [2.05, 4.69) is 32.0 Å². The molecule has 0 amide bonds. The van der Waals surface area contributed by atoms with Crippen LogP contribution in [0, 0.1) is 19.7 Å². The van der Waals surface area contributed by atoms with Gasteiger partial charge in [0.1, 0.15) is 5.82 Å². The predicted octanol–water partition coefficient (Wildman–Crippen LogP) is 4.32. The van der Waals surface area contributed by atoms with Gasteiger partial charge in [0.2, 0.25) is 0 Å². The lowest BCUT2D eigenvalue weighted by atomic mass is 10.1. The van der Waals surface area contributed by atoms with Gasteiger partial charge in [0.05, 0.1) is 5.69 Å². The number of hydrogen-bond donors (Lipinski definition) is 1. The predicted molar refractivity (Wildman–Crippen MR) is 76.3 cm³/mol. The molecule has 0 aromatic heterocycles. The second kappa shape index (κ2) is 5.44. The summed E-state index contributed by atoms with van der Waals surface area (Å²) >= 11 is 1.70. The summed E-state index contributed by atoms with van der Waals surface area (Å²) in [4.78, 5) is 1.20. The molecule has 0 aliphatic rings. The minimum absolute atomic E-state index is 0.204. The van der Waals surface area contributed by atoms with E-state index in [0.717, 1.165) is 11.3 Å². The number of benzene rings is 2. The van der Waals surface area contributed by atoms with Crippen LogP contribution in [-0.4, -0.2) is 0 Å². The van der Waals surface area contributed by atoms with Crippen molar-refractivity contribution in [3.63, 3.8) is 0 Å². The molecule has 18 heavy (non-hydrogen) atoms. The summed E-state index contributed by atoms with van der Waals surface area (Å²) < 4.78 is 13.3. The van der Waals surface area contributed by atoms with Crippen LogP contribution in [-0.2, 0) is 5.75 Å².